The number of nitrogens with zero attached hydrogens (tertiary/aromatic N) is 2. The number of nitrogens with one attached hydrogen (secondary N) is 2. The van der Waals surface area contributed by atoms with Crippen LogP contribution in [0, 0.1) is 0 Å². The minimum absolute atomic E-state index is 0.120. The van der Waals surface area contributed by atoms with Gasteiger partial charge in [0.15, 0.2) is 5.11 Å². The highest BCUT2D eigenvalue weighted by Gasteiger charge is 2.13. The second-order valence-electron chi connectivity index (χ2n) is 6.79. The summed E-state index contributed by atoms with van der Waals surface area (Å²) < 4.78 is 0. The van der Waals surface area contributed by atoms with E-state index >= 15 is 0 Å². The van der Waals surface area contributed by atoms with Gasteiger partial charge in [-0.2, -0.15) is 0 Å². The van der Waals surface area contributed by atoms with Crippen molar-refractivity contribution in [1.82, 2.24) is 14.9 Å². The monoisotopic (exact) mass is 394 g/mol. The van der Waals surface area contributed by atoms with Gasteiger partial charge in [-0.1, -0.05) is 44.5 Å². The van der Waals surface area contributed by atoms with Crippen molar-refractivity contribution >= 4 is 33.9 Å². The first-order valence-electron chi connectivity index (χ1n) is 9.73. The maximum Gasteiger partial charge on any atom is 0.258 e. The number of H-pyrrole nitrogens is 1. The third kappa shape index (κ3) is 4.95. The van der Waals surface area contributed by atoms with E-state index in [9.17, 15) is 4.79 Å². The van der Waals surface area contributed by atoms with Crippen molar-refractivity contribution in [2.75, 3.05) is 11.9 Å². The predicted octanol–water partition coefficient (Wildman–Crippen LogP) is 4.48. The highest BCUT2D eigenvalue weighted by atomic mass is 32.1. The van der Waals surface area contributed by atoms with Gasteiger partial charge in [-0.3, -0.25) is 4.79 Å². The van der Waals surface area contributed by atoms with Gasteiger partial charge in [0.1, 0.15) is 5.82 Å². The molecule has 0 bridgehead atoms. The maximum atomic E-state index is 12.4. The average molecular weight is 395 g/mol. The first kappa shape index (κ1) is 20.0. The second kappa shape index (κ2) is 9.46. The molecule has 28 heavy (non-hydrogen) atoms. The highest BCUT2D eigenvalue weighted by Crippen LogP contribution is 2.13. The Hall–Kier alpha value is -2.73. The Balaban J connectivity index is 1.79. The van der Waals surface area contributed by atoms with E-state index in [0.29, 0.717) is 28.4 Å². The van der Waals surface area contributed by atoms with Gasteiger partial charge in [-0.25, -0.2) is 4.98 Å². The molecule has 0 atom stereocenters. The molecule has 2 N–H and O–H groups in total. The Morgan fingerprint density at radius 1 is 1.14 bits per heavy atom. The van der Waals surface area contributed by atoms with Crippen molar-refractivity contribution in [3.63, 3.8) is 0 Å². The fourth-order valence-corrected chi connectivity index (χ4v) is 3.29. The third-order valence-corrected chi connectivity index (χ3v) is 5.05. The third-order valence-electron chi connectivity index (χ3n) is 4.68. The zero-order valence-electron chi connectivity index (χ0n) is 16.4. The van der Waals surface area contributed by atoms with E-state index in [0.717, 1.165) is 31.5 Å². The molecule has 0 fully saturated rings. The van der Waals surface area contributed by atoms with E-state index in [1.807, 2.05) is 30.3 Å². The fourth-order valence-electron chi connectivity index (χ4n) is 3.02. The quantitative estimate of drug-likeness (QED) is 0.579. The van der Waals surface area contributed by atoms with E-state index in [1.54, 1.807) is 6.07 Å². The predicted molar refractivity (Wildman–Crippen MR) is 120 cm³/mol. The lowest BCUT2D eigenvalue weighted by Crippen LogP contribution is -2.36. The lowest BCUT2D eigenvalue weighted by molar-refractivity contribution is 0.397. The van der Waals surface area contributed by atoms with Gasteiger partial charge in [0.2, 0.25) is 0 Å². The molecule has 3 rings (SSSR count). The number of thiocarbonyl (C=S) groups is 1. The summed E-state index contributed by atoms with van der Waals surface area (Å²) in [5, 5.41) is 4.54. The summed E-state index contributed by atoms with van der Waals surface area (Å²) in [6, 6.07) is 15.7. The van der Waals surface area contributed by atoms with Crippen LogP contribution in [0.1, 0.15) is 38.1 Å². The van der Waals surface area contributed by atoms with Crippen LogP contribution < -0.4 is 10.9 Å². The molecule has 6 heteroatoms. The van der Waals surface area contributed by atoms with Gasteiger partial charge in [0, 0.05) is 12.2 Å². The molecular formula is C22H26N4OS. The SMILES string of the molecule is CCCCN(Cc1nc2ccccc2c(=O)[nH]1)C(=S)Nc1ccc(CC)cc1. The first-order chi connectivity index (χ1) is 13.6. The number of anilines is 1. The number of para-hydroxylation sites is 1. The zero-order valence-corrected chi connectivity index (χ0v) is 17.2. The van der Waals surface area contributed by atoms with E-state index in [4.69, 9.17) is 12.2 Å². The summed E-state index contributed by atoms with van der Waals surface area (Å²) in [7, 11) is 0. The van der Waals surface area contributed by atoms with Crippen molar-refractivity contribution in [3.8, 4) is 0 Å². The normalized spacial score (nSPS) is 10.8. The smallest absolute Gasteiger partial charge is 0.258 e. The number of hydrogen-bond acceptors (Lipinski definition) is 3. The molecule has 0 aliphatic heterocycles. The molecule has 146 valence electrons. The number of rotatable bonds is 7. The maximum absolute atomic E-state index is 12.4. The molecule has 0 aliphatic rings. The molecular weight excluding hydrogens is 368 g/mol. The van der Waals surface area contributed by atoms with Crippen LogP contribution in [0.25, 0.3) is 10.9 Å². The lowest BCUT2D eigenvalue weighted by atomic mass is 10.1. The second-order valence-corrected chi connectivity index (χ2v) is 7.17. The fraction of sp³-hybridized carbons (Fsp3) is 0.318. The molecule has 2 aromatic carbocycles. The van der Waals surface area contributed by atoms with Gasteiger partial charge in [0.05, 0.1) is 17.4 Å². The summed E-state index contributed by atoms with van der Waals surface area (Å²) in [6.07, 6.45) is 3.08. The minimum Gasteiger partial charge on any atom is -0.342 e. The molecule has 0 aliphatic carbocycles. The van der Waals surface area contributed by atoms with Crippen LogP contribution >= 0.6 is 12.2 Å². The van der Waals surface area contributed by atoms with Crippen molar-refractivity contribution in [3.05, 3.63) is 70.3 Å². The summed E-state index contributed by atoms with van der Waals surface area (Å²) in [4.78, 5) is 21.9. The Labute approximate surface area is 170 Å². The van der Waals surface area contributed by atoms with Crippen LogP contribution in [0.15, 0.2) is 53.3 Å². The molecule has 0 radical (unpaired) electrons. The van der Waals surface area contributed by atoms with Crippen LogP contribution in [-0.2, 0) is 13.0 Å². The van der Waals surface area contributed by atoms with Crippen LogP contribution in [0.3, 0.4) is 0 Å². The summed E-state index contributed by atoms with van der Waals surface area (Å²) >= 11 is 5.65. The Bertz CT molecular complexity index is 997. The van der Waals surface area contributed by atoms with Crippen molar-refractivity contribution in [2.24, 2.45) is 0 Å². The lowest BCUT2D eigenvalue weighted by Gasteiger charge is -2.25. The van der Waals surface area contributed by atoms with Crippen LogP contribution in [0.2, 0.25) is 0 Å². The summed E-state index contributed by atoms with van der Waals surface area (Å²) in [5.74, 6) is 0.616. The number of unbranched alkanes of at least 4 members (excludes halogenated alkanes) is 1. The number of aryl methyl sites for hydroxylation is 1. The molecule has 0 saturated carbocycles. The molecule has 0 amide bonds. The van der Waals surface area contributed by atoms with Gasteiger partial charge in [-0.05, 0) is 54.9 Å². The number of benzene rings is 2. The molecule has 5 nitrogen and oxygen atoms in total. The Kier molecular flexibility index (Phi) is 6.76. The highest BCUT2D eigenvalue weighted by molar-refractivity contribution is 7.80. The minimum atomic E-state index is -0.120. The molecule has 0 unspecified atom stereocenters. The zero-order chi connectivity index (χ0) is 19.9. The summed E-state index contributed by atoms with van der Waals surface area (Å²) in [5.41, 5.74) is 2.83. The van der Waals surface area contributed by atoms with E-state index in [1.165, 1.54) is 5.56 Å². The summed E-state index contributed by atoms with van der Waals surface area (Å²) in [6.45, 7) is 5.54. The average Bonchev–Trinajstić information content (AvgIpc) is 2.71. The van der Waals surface area contributed by atoms with Crippen LogP contribution in [0.4, 0.5) is 5.69 Å². The van der Waals surface area contributed by atoms with Gasteiger partial charge in [0.25, 0.3) is 5.56 Å². The molecule has 0 saturated heterocycles. The molecule has 3 aromatic rings. The topological polar surface area (TPSA) is 61.0 Å². The van der Waals surface area contributed by atoms with Crippen molar-refractivity contribution in [1.29, 1.82) is 0 Å². The number of aromatic amines is 1. The van der Waals surface area contributed by atoms with Crippen LogP contribution in [-0.4, -0.2) is 26.5 Å². The van der Waals surface area contributed by atoms with E-state index < -0.39 is 0 Å². The van der Waals surface area contributed by atoms with Crippen molar-refractivity contribution < 1.29 is 0 Å². The van der Waals surface area contributed by atoms with Gasteiger partial charge < -0.3 is 15.2 Å². The van der Waals surface area contributed by atoms with Gasteiger partial charge >= 0.3 is 0 Å². The van der Waals surface area contributed by atoms with E-state index in [-0.39, 0.29) is 5.56 Å². The number of aromatic nitrogens is 2. The van der Waals surface area contributed by atoms with Crippen molar-refractivity contribution in [2.45, 2.75) is 39.7 Å². The largest absolute Gasteiger partial charge is 0.342 e. The molecule has 0 spiro atoms. The number of fused-ring (bicyclic) bond motifs is 1. The Morgan fingerprint density at radius 2 is 1.89 bits per heavy atom. The van der Waals surface area contributed by atoms with Crippen LogP contribution in [0.5, 0.6) is 0 Å². The molecule has 1 aromatic heterocycles. The number of hydrogen-bond donors (Lipinski definition) is 2. The standard InChI is InChI=1S/C22H26N4OS/c1-3-5-14-26(22(28)23-17-12-10-16(4-2)11-13-17)15-20-24-19-9-7-6-8-18(19)21(27)25-20/h6-13H,3-5,14-15H2,1-2H3,(H,23,28)(H,24,25,27). The molecule has 1 heterocycles. The Morgan fingerprint density at radius 3 is 2.61 bits per heavy atom. The van der Waals surface area contributed by atoms with Gasteiger partial charge in [-0.15, -0.1) is 0 Å². The first-order valence-corrected chi connectivity index (χ1v) is 10.1. The van der Waals surface area contributed by atoms with E-state index in [2.05, 4.69) is 46.2 Å².